The van der Waals surface area contributed by atoms with Gasteiger partial charge in [-0.25, -0.2) is 8.42 Å². The van der Waals surface area contributed by atoms with Gasteiger partial charge in [-0.15, -0.1) is 0 Å². The van der Waals surface area contributed by atoms with Gasteiger partial charge in [0.2, 0.25) is 0 Å². The second kappa shape index (κ2) is 5.42. The lowest BCUT2D eigenvalue weighted by Crippen LogP contribution is -2.49. The summed E-state index contributed by atoms with van der Waals surface area (Å²) in [6, 6.07) is 5.06. The van der Waals surface area contributed by atoms with E-state index in [1.807, 2.05) is 6.07 Å². The van der Waals surface area contributed by atoms with E-state index >= 15 is 0 Å². The normalized spacial score (nSPS) is 20.6. The van der Waals surface area contributed by atoms with Gasteiger partial charge in [-0.2, -0.15) is 5.26 Å². The molecule has 1 aromatic carbocycles. The first-order chi connectivity index (χ1) is 10.9. The number of hydrogen-bond acceptors (Lipinski definition) is 4. The molecule has 1 aliphatic rings. The molecule has 0 saturated carbocycles. The van der Waals surface area contributed by atoms with Crippen molar-refractivity contribution in [3.05, 3.63) is 53.2 Å². The highest BCUT2D eigenvalue weighted by molar-refractivity contribution is 7.94. The molecule has 0 radical (unpaired) electrons. The van der Waals surface area contributed by atoms with E-state index in [1.54, 1.807) is 18.2 Å². The van der Waals surface area contributed by atoms with Crippen LogP contribution in [0.25, 0.3) is 10.9 Å². The van der Waals surface area contributed by atoms with Crippen LogP contribution in [0.1, 0.15) is 12.0 Å². The molecular weight excluding hydrogens is 336 g/mol. The number of rotatable bonds is 3. The summed E-state index contributed by atoms with van der Waals surface area (Å²) in [5, 5.41) is 9.97. The summed E-state index contributed by atoms with van der Waals surface area (Å²) in [4.78, 5) is 1.36. The number of fused-ring (bicyclic) bond motifs is 1. The van der Waals surface area contributed by atoms with Gasteiger partial charge in [0.05, 0.1) is 27.9 Å². The summed E-state index contributed by atoms with van der Waals surface area (Å²) in [7, 11) is -3.89. The Morgan fingerprint density at radius 3 is 2.83 bits per heavy atom. The number of hydrogen-bond donors (Lipinski definition) is 3. The smallest absolute Gasteiger partial charge is 0.255 e. The fourth-order valence-electron chi connectivity index (χ4n) is 2.44. The van der Waals surface area contributed by atoms with Gasteiger partial charge in [-0.1, -0.05) is 29.8 Å². The highest BCUT2D eigenvalue weighted by Crippen LogP contribution is 2.33. The molecule has 0 saturated heterocycles. The third-order valence-corrected chi connectivity index (χ3v) is 5.81. The maximum Gasteiger partial charge on any atom is 0.255 e. The van der Waals surface area contributed by atoms with Gasteiger partial charge < -0.3 is 10.7 Å². The second-order valence-corrected chi connectivity index (χ2v) is 7.59. The summed E-state index contributed by atoms with van der Waals surface area (Å²) in [6.07, 6.45) is 8.15. The van der Waals surface area contributed by atoms with Crippen LogP contribution in [-0.2, 0) is 10.0 Å². The largest absolute Gasteiger partial charge is 0.358 e. The van der Waals surface area contributed by atoms with Crippen LogP contribution in [0.5, 0.6) is 0 Å². The summed E-state index contributed by atoms with van der Waals surface area (Å²) >= 11 is 6.07. The lowest BCUT2D eigenvalue weighted by Gasteiger charge is -2.27. The SMILES string of the molecule is N#Cc1ccc(NS(=O)(=O)C2(N)C=CC=CC2)c2[nH]cc(Cl)c12. The van der Waals surface area contributed by atoms with Crippen molar-refractivity contribution in [3.8, 4) is 6.07 Å². The fourth-order valence-corrected chi connectivity index (χ4v) is 3.92. The van der Waals surface area contributed by atoms with Crippen LogP contribution in [0.3, 0.4) is 0 Å². The number of halogens is 1. The van der Waals surface area contributed by atoms with Gasteiger partial charge in [0.25, 0.3) is 10.0 Å². The zero-order valence-electron chi connectivity index (χ0n) is 11.9. The standard InChI is InChI=1S/C15H13ClN4O2S/c16-11-9-19-14-12(5-4-10(8-17)13(11)14)20-23(21,22)15(18)6-2-1-3-7-15/h1-6,9,19-20H,7,18H2. The Kier molecular flexibility index (Phi) is 3.68. The molecule has 3 rings (SSSR count). The molecule has 1 heterocycles. The minimum atomic E-state index is -3.89. The minimum Gasteiger partial charge on any atom is -0.358 e. The van der Waals surface area contributed by atoms with E-state index in [4.69, 9.17) is 22.6 Å². The molecule has 0 aliphatic heterocycles. The molecular formula is C15H13ClN4O2S. The number of sulfonamides is 1. The topological polar surface area (TPSA) is 112 Å². The average molecular weight is 349 g/mol. The van der Waals surface area contributed by atoms with Gasteiger partial charge in [0.1, 0.15) is 0 Å². The number of aromatic nitrogens is 1. The van der Waals surface area contributed by atoms with Crippen LogP contribution in [-0.4, -0.2) is 18.3 Å². The monoisotopic (exact) mass is 348 g/mol. The number of nitrogens with two attached hydrogens (primary N) is 1. The molecule has 0 spiro atoms. The van der Waals surface area contributed by atoms with Crippen LogP contribution in [0.2, 0.25) is 5.02 Å². The van der Waals surface area contributed by atoms with Crippen LogP contribution in [0, 0.1) is 11.3 Å². The predicted octanol–water partition coefficient (Wildman–Crippen LogP) is 2.61. The Bertz CT molecular complexity index is 985. The number of H-pyrrole nitrogens is 1. The van der Waals surface area contributed by atoms with Crippen molar-refractivity contribution < 1.29 is 8.42 Å². The lowest BCUT2D eigenvalue weighted by atomic mass is 10.1. The summed E-state index contributed by atoms with van der Waals surface area (Å²) in [5.41, 5.74) is 7.10. The number of nitriles is 1. The molecule has 6 nitrogen and oxygen atoms in total. The average Bonchev–Trinajstić information content (AvgIpc) is 2.91. The Morgan fingerprint density at radius 2 is 2.17 bits per heavy atom. The van der Waals surface area contributed by atoms with Gasteiger partial charge in [0, 0.05) is 18.0 Å². The molecule has 0 amide bonds. The third kappa shape index (κ3) is 2.51. The van der Waals surface area contributed by atoms with Crippen LogP contribution in [0.15, 0.2) is 42.6 Å². The van der Waals surface area contributed by atoms with Crippen molar-refractivity contribution in [3.63, 3.8) is 0 Å². The van der Waals surface area contributed by atoms with E-state index in [2.05, 4.69) is 9.71 Å². The number of benzene rings is 1. The van der Waals surface area contributed by atoms with Crippen LogP contribution in [0.4, 0.5) is 5.69 Å². The van der Waals surface area contributed by atoms with Gasteiger partial charge in [-0.3, -0.25) is 4.72 Å². The summed E-state index contributed by atoms with van der Waals surface area (Å²) < 4.78 is 27.8. The molecule has 8 heteroatoms. The Morgan fingerprint density at radius 1 is 1.39 bits per heavy atom. The first-order valence-electron chi connectivity index (χ1n) is 6.73. The molecule has 1 aliphatic carbocycles. The van der Waals surface area contributed by atoms with E-state index < -0.39 is 14.9 Å². The molecule has 2 aromatic rings. The molecule has 23 heavy (non-hydrogen) atoms. The van der Waals surface area contributed by atoms with Crippen molar-refractivity contribution in [1.82, 2.24) is 4.98 Å². The van der Waals surface area contributed by atoms with Crippen molar-refractivity contribution in [1.29, 1.82) is 5.26 Å². The maximum absolute atomic E-state index is 12.6. The van der Waals surface area contributed by atoms with Gasteiger partial charge in [0.15, 0.2) is 4.87 Å². The van der Waals surface area contributed by atoms with E-state index in [1.165, 1.54) is 24.4 Å². The van der Waals surface area contributed by atoms with E-state index in [9.17, 15) is 8.42 Å². The first kappa shape index (κ1) is 15.6. The predicted molar refractivity (Wildman–Crippen MR) is 90.4 cm³/mol. The molecule has 0 fully saturated rings. The highest BCUT2D eigenvalue weighted by Gasteiger charge is 2.37. The maximum atomic E-state index is 12.6. The van der Waals surface area contributed by atoms with Gasteiger partial charge >= 0.3 is 0 Å². The van der Waals surface area contributed by atoms with Crippen LogP contribution >= 0.6 is 11.6 Å². The quantitative estimate of drug-likeness (QED) is 0.791. The number of nitrogens with one attached hydrogen (secondary N) is 2. The summed E-state index contributed by atoms with van der Waals surface area (Å²) in [5.74, 6) is 0. The van der Waals surface area contributed by atoms with Gasteiger partial charge in [-0.05, 0) is 18.2 Å². The first-order valence-corrected chi connectivity index (χ1v) is 8.59. The number of allylic oxidation sites excluding steroid dienone is 2. The van der Waals surface area contributed by atoms with Crippen molar-refractivity contribution >= 4 is 38.2 Å². The minimum absolute atomic E-state index is 0.170. The Labute approximate surface area is 138 Å². The Balaban J connectivity index is 2.08. The zero-order valence-corrected chi connectivity index (χ0v) is 13.4. The summed E-state index contributed by atoms with van der Waals surface area (Å²) in [6.45, 7) is 0. The molecule has 1 aromatic heterocycles. The number of aromatic amines is 1. The van der Waals surface area contributed by atoms with Crippen molar-refractivity contribution in [2.24, 2.45) is 5.73 Å². The fraction of sp³-hybridized carbons (Fsp3) is 0.133. The highest BCUT2D eigenvalue weighted by atomic mass is 35.5. The Hall–Kier alpha value is -2.27. The second-order valence-electron chi connectivity index (χ2n) is 5.21. The van der Waals surface area contributed by atoms with Crippen molar-refractivity contribution in [2.75, 3.05) is 4.72 Å². The van der Waals surface area contributed by atoms with Crippen LogP contribution < -0.4 is 10.5 Å². The molecule has 1 atom stereocenters. The molecule has 4 N–H and O–H groups in total. The number of anilines is 1. The zero-order chi connectivity index (χ0) is 16.7. The third-order valence-electron chi connectivity index (χ3n) is 3.71. The molecule has 1 unspecified atom stereocenters. The van der Waals surface area contributed by atoms with E-state index in [0.717, 1.165) is 0 Å². The number of nitrogens with zero attached hydrogens (tertiary/aromatic N) is 1. The van der Waals surface area contributed by atoms with E-state index in [-0.39, 0.29) is 6.42 Å². The molecule has 0 bridgehead atoms. The van der Waals surface area contributed by atoms with E-state index in [0.29, 0.717) is 27.2 Å². The molecule has 118 valence electrons. The van der Waals surface area contributed by atoms with Crippen molar-refractivity contribution in [2.45, 2.75) is 11.3 Å². The lowest BCUT2D eigenvalue weighted by molar-refractivity contribution is 0.561.